The maximum atomic E-state index is 12.3. The van der Waals surface area contributed by atoms with Gasteiger partial charge in [-0.1, -0.05) is 167 Å². The summed E-state index contributed by atoms with van der Waals surface area (Å²) in [6.07, 6.45) is 33.7. The predicted molar refractivity (Wildman–Crippen MR) is 234 cm³/mol. The van der Waals surface area contributed by atoms with Gasteiger partial charge in [0.25, 0.3) is 0 Å². The van der Waals surface area contributed by atoms with E-state index in [1.165, 1.54) is 154 Å². The molecule has 0 radical (unpaired) electrons. The fraction of sp³-hybridized carbons (Fsp3) is 0.696. The van der Waals surface area contributed by atoms with Crippen LogP contribution in [0.5, 0.6) is 11.5 Å². The minimum atomic E-state index is -0.170. The first-order chi connectivity index (χ1) is 26.1. The number of carbonyl (C=O) groups excluding carboxylic acids is 2. The second kappa shape index (κ2) is 34.9. The van der Waals surface area contributed by atoms with Crippen LogP contribution in [-0.4, -0.2) is 35.0 Å². The first-order valence-corrected chi connectivity index (χ1v) is 24.7. The number of esters is 2. The summed E-state index contributed by atoms with van der Waals surface area (Å²) in [4.78, 5) is 26.8. The van der Waals surface area contributed by atoms with Crippen molar-refractivity contribution >= 4 is 47.2 Å². The largest absolute Gasteiger partial charge is 0.427 e. The molecule has 0 aliphatic carbocycles. The lowest BCUT2D eigenvalue weighted by Gasteiger charge is -2.07. The van der Waals surface area contributed by atoms with E-state index >= 15 is 0 Å². The highest BCUT2D eigenvalue weighted by Gasteiger charge is 2.08. The van der Waals surface area contributed by atoms with Gasteiger partial charge in [0, 0.05) is 21.3 Å². The highest BCUT2D eigenvalue weighted by molar-refractivity contribution is 7.99. The average molecular weight is 787 g/mol. The average Bonchev–Trinajstić information content (AvgIpc) is 3.16. The smallest absolute Gasteiger partial charge is 0.312 e. The molecule has 0 bridgehead atoms. The van der Waals surface area contributed by atoms with E-state index in [-0.39, 0.29) is 11.9 Å². The minimum absolute atomic E-state index is 0.170. The second-order valence-corrected chi connectivity index (χ2v) is 18.1. The minimum Gasteiger partial charge on any atom is -0.427 e. The Morgan fingerprint density at radius 1 is 0.396 bits per heavy atom. The van der Waals surface area contributed by atoms with Crippen LogP contribution >= 0.6 is 35.3 Å². The fourth-order valence-electron chi connectivity index (χ4n) is 6.26. The van der Waals surface area contributed by atoms with Gasteiger partial charge < -0.3 is 9.47 Å². The van der Waals surface area contributed by atoms with Gasteiger partial charge in [-0.15, -0.1) is 0 Å². The van der Waals surface area contributed by atoms with Crippen molar-refractivity contribution in [3.63, 3.8) is 0 Å². The number of hydrogen-bond donors (Lipinski definition) is 0. The van der Waals surface area contributed by atoms with Crippen molar-refractivity contribution in [1.82, 2.24) is 0 Å². The van der Waals surface area contributed by atoms with Gasteiger partial charge >= 0.3 is 11.9 Å². The fourth-order valence-corrected chi connectivity index (χ4v) is 8.92. The number of carbonyl (C=O) groups is 2. The highest BCUT2D eigenvalue weighted by atomic mass is 32.2. The van der Waals surface area contributed by atoms with Gasteiger partial charge in [-0.3, -0.25) is 9.59 Å². The number of unbranched alkanes of at least 4 members (excludes halogenated alkanes) is 22. The zero-order valence-corrected chi connectivity index (χ0v) is 36.1. The van der Waals surface area contributed by atoms with E-state index in [9.17, 15) is 9.59 Å². The van der Waals surface area contributed by atoms with E-state index in [4.69, 9.17) is 9.47 Å². The normalized spacial score (nSPS) is 11.2. The van der Waals surface area contributed by atoms with Gasteiger partial charge in [-0.2, -0.15) is 23.5 Å². The van der Waals surface area contributed by atoms with E-state index in [0.29, 0.717) is 24.3 Å². The summed E-state index contributed by atoms with van der Waals surface area (Å²) in [5.41, 5.74) is 0. The molecule has 2 rings (SSSR count). The molecule has 0 amide bonds. The monoisotopic (exact) mass is 786 g/mol. The van der Waals surface area contributed by atoms with Crippen LogP contribution in [0.3, 0.4) is 0 Å². The van der Waals surface area contributed by atoms with E-state index in [2.05, 4.69) is 13.8 Å². The maximum absolute atomic E-state index is 12.3. The summed E-state index contributed by atoms with van der Waals surface area (Å²) < 4.78 is 11.1. The van der Waals surface area contributed by atoms with Gasteiger partial charge in [0.2, 0.25) is 0 Å². The molecule has 0 saturated heterocycles. The number of ether oxygens (including phenoxy) is 2. The molecule has 7 heteroatoms. The molecule has 53 heavy (non-hydrogen) atoms. The van der Waals surface area contributed by atoms with Crippen LogP contribution in [0.25, 0.3) is 0 Å². The quantitative estimate of drug-likeness (QED) is 0.0387. The maximum Gasteiger partial charge on any atom is 0.312 e. The van der Waals surface area contributed by atoms with Gasteiger partial charge in [0.1, 0.15) is 11.5 Å². The molecule has 0 N–H and O–H groups in total. The molecule has 0 heterocycles. The van der Waals surface area contributed by atoms with Crippen molar-refractivity contribution in [2.75, 3.05) is 23.0 Å². The zero-order valence-electron chi connectivity index (χ0n) is 33.7. The second-order valence-electron chi connectivity index (χ2n) is 14.5. The Labute approximate surface area is 338 Å². The predicted octanol–water partition coefficient (Wildman–Crippen LogP) is 15.3. The molecule has 0 spiro atoms. The molecular formula is C46H74O4S3. The molecule has 0 aliphatic rings. The Kier molecular flexibility index (Phi) is 31.3. The Morgan fingerprint density at radius 3 is 0.981 bits per heavy atom. The lowest BCUT2D eigenvalue weighted by atomic mass is 10.1. The lowest BCUT2D eigenvalue weighted by molar-refractivity contribution is -0.134. The number of benzene rings is 2. The number of thioether (sulfide) groups is 2. The SMILES string of the molecule is CCCCCCCCCCCCCCSCCC(=O)Oc1ccc(Sc2ccc(OC(=O)CCSCCCCCCCCCCCCCC)cc2)cc1. The van der Waals surface area contributed by atoms with Crippen molar-refractivity contribution in [3.8, 4) is 11.5 Å². The molecule has 0 aliphatic heterocycles. The molecule has 0 fully saturated rings. The van der Waals surface area contributed by atoms with Crippen LogP contribution in [0.1, 0.15) is 181 Å². The first kappa shape index (κ1) is 47.6. The Morgan fingerprint density at radius 2 is 0.679 bits per heavy atom. The van der Waals surface area contributed by atoms with Crippen molar-refractivity contribution in [2.24, 2.45) is 0 Å². The van der Waals surface area contributed by atoms with Gasteiger partial charge in [-0.25, -0.2) is 0 Å². The third-order valence-corrected chi connectivity index (χ3v) is 12.7. The first-order valence-electron chi connectivity index (χ1n) is 21.6. The van der Waals surface area contributed by atoms with Gasteiger partial charge in [0.15, 0.2) is 0 Å². The molecular weight excluding hydrogens is 713 g/mol. The Balaban J connectivity index is 1.44. The summed E-state index contributed by atoms with van der Waals surface area (Å²) in [6.45, 7) is 4.55. The molecule has 0 aromatic heterocycles. The molecule has 2 aromatic rings. The van der Waals surface area contributed by atoms with E-state index in [0.717, 1.165) is 32.8 Å². The van der Waals surface area contributed by atoms with Crippen molar-refractivity contribution in [3.05, 3.63) is 48.5 Å². The van der Waals surface area contributed by atoms with Crippen molar-refractivity contribution in [1.29, 1.82) is 0 Å². The van der Waals surface area contributed by atoms with Crippen molar-refractivity contribution < 1.29 is 19.1 Å². The van der Waals surface area contributed by atoms with E-state index in [1.807, 2.05) is 72.1 Å². The molecule has 0 atom stereocenters. The van der Waals surface area contributed by atoms with E-state index in [1.54, 1.807) is 11.8 Å². The van der Waals surface area contributed by atoms with E-state index < -0.39 is 0 Å². The third-order valence-electron chi connectivity index (χ3n) is 9.53. The van der Waals surface area contributed by atoms with Gasteiger partial charge in [-0.05, 0) is 72.9 Å². The Hall–Kier alpha value is -1.57. The summed E-state index contributed by atoms with van der Waals surface area (Å²) >= 11 is 5.34. The third kappa shape index (κ3) is 28.5. The number of hydrogen-bond acceptors (Lipinski definition) is 7. The molecule has 0 saturated carbocycles. The van der Waals surface area contributed by atoms with Crippen LogP contribution in [0, 0.1) is 0 Å². The van der Waals surface area contributed by atoms with Crippen LogP contribution in [0.2, 0.25) is 0 Å². The van der Waals surface area contributed by atoms with Crippen LogP contribution in [0.4, 0.5) is 0 Å². The highest BCUT2D eigenvalue weighted by Crippen LogP contribution is 2.30. The molecule has 2 aromatic carbocycles. The molecule has 4 nitrogen and oxygen atoms in total. The summed E-state index contributed by atoms with van der Waals surface area (Å²) in [6, 6.07) is 15.3. The van der Waals surface area contributed by atoms with Crippen LogP contribution in [-0.2, 0) is 9.59 Å². The standard InChI is InChI=1S/C46H74O4S3/c1-3-5-7-9-11-13-15-17-19-21-23-25-37-51-39-35-45(47)49-41-27-31-43(32-28-41)53-44-33-29-42(30-34-44)50-46(48)36-40-52-38-26-24-22-20-18-16-14-12-10-8-6-4-2/h27-34H,3-26,35-40H2,1-2H3. The van der Waals surface area contributed by atoms with Crippen LogP contribution < -0.4 is 9.47 Å². The van der Waals surface area contributed by atoms with Crippen LogP contribution in [0.15, 0.2) is 58.3 Å². The zero-order chi connectivity index (χ0) is 37.9. The van der Waals surface area contributed by atoms with Crippen molar-refractivity contribution in [2.45, 2.75) is 191 Å². The topological polar surface area (TPSA) is 52.6 Å². The number of rotatable bonds is 36. The molecule has 0 unspecified atom stereocenters. The lowest BCUT2D eigenvalue weighted by Crippen LogP contribution is -2.09. The Bertz CT molecular complexity index is 1050. The molecule has 300 valence electrons. The summed E-state index contributed by atoms with van der Waals surface area (Å²) in [7, 11) is 0. The van der Waals surface area contributed by atoms with Gasteiger partial charge in [0.05, 0.1) is 12.8 Å². The summed E-state index contributed by atoms with van der Waals surface area (Å²) in [5, 5.41) is 0. The summed E-state index contributed by atoms with van der Waals surface area (Å²) in [5.74, 6) is 4.70.